The van der Waals surface area contributed by atoms with Gasteiger partial charge >= 0.3 is 0 Å². The molecule has 0 aromatic heterocycles. The van der Waals surface area contributed by atoms with E-state index in [1.54, 1.807) is 0 Å². The summed E-state index contributed by atoms with van der Waals surface area (Å²) in [5, 5.41) is 9.12. The van der Waals surface area contributed by atoms with Crippen molar-refractivity contribution in [1.82, 2.24) is 0 Å². The van der Waals surface area contributed by atoms with Crippen molar-refractivity contribution >= 4 is 79.1 Å². The van der Waals surface area contributed by atoms with Crippen molar-refractivity contribution < 1.29 is 5.11 Å². The van der Waals surface area contributed by atoms with Crippen molar-refractivity contribution in [2.45, 2.75) is 6.61 Å². The molecule has 72 valence electrons. The highest BCUT2D eigenvalue weighted by atomic mass is 127. The molecule has 0 unspecified atom stereocenters. The second-order valence-corrected chi connectivity index (χ2v) is 5.64. The van der Waals surface area contributed by atoms with E-state index < -0.39 is 0 Å². The number of hydrogen-bond acceptors (Lipinski definition) is 3. The highest BCUT2D eigenvalue weighted by molar-refractivity contribution is 14.1. The van der Waals surface area contributed by atoms with Gasteiger partial charge in [-0.15, -0.1) is 0 Å². The Hall–Kier alpha value is 0.970. The molecule has 1 aromatic carbocycles. The Morgan fingerprint density at radius 3 is 1.62 bits per heavy atom. The van der Waals surface area contributed by atoms with E-state index in [0.29, 0.717) is 11.4 Å². The first-order valence-electron chi connectivity index (χ1n) is 3.31. The van der Waals surface area contributed by atoms with Gasteiger partial charge < -0.3 is 16.6 Å². The van der Waals surface area contributed by atoms with Crippen LogP contribution in [0, 0.1) is 10.7 Å². The number of halogens is 3. The van der Waals surface area contributed by atoms with Crippen LogP contribution in [0.5, 0.6) is 0 Å². The van der Waals surface area contributed by atoms with Crippen molar-refractivity contribution in [1.29, 1.82) is 0 Å². The molecule has 0 bridgehead atoms. The summed E-state index contributed by atoms with van der Waals surface area (Å²) in [5.74, 6) is 0. The zero-order chi connectivity index (χ0) is 10.2. The molecule has 0 spiro atoms. The van der Waals surface area contributed by atoms with Gasteiger partial charge in [-0.05, 0) is 67.8 Å². The first-order chi connectivity index (χ1) is 6.00. The summed E-state index contributed by atoms with van der Waals surface area (Å²) in [6.45, 7) is -0.0259. The van der Waals surface area contributed by atoms with Crippen molar-refractivity contribution in [3.8, 4) is 0 Å². The van der Waals surface area contributed by atoms with Crippen LogP contribution in [0.2, 0.25) is 0 Å². The van der Waals surface area contributed by atoms with Gasteiger partial charge in [0.15, 0.2) is 0 Å². The van der Waals surface area contributed by atoms with E-state index in [1.165, 1.54) is 0 Å². The predicted molar refractivity (Wildman–Crippen MR) is 79.3 cm³/mol. The maximum absolute atomic E-state index is 9.12. The summed E-state index contributed by atoms with van der Waals surface area (Å²) in [7, 11) is 0. The Bertz CT molecular complexity index is 325. The molecule has 0 fully saturated rings. The van der Waals surface area contributed by atoms with Gasteiger partial charge in [0.05, 0.1) is 21.6 Å². The van der Waals surface area contributed by atoms with Crippen LogP contribution in [0.1, 0.15) is 5.56 Å². The molecule has 0 amide bonds. The number of aliphatic hydroxyl groups is 1. The maximum atomic E-state index is 9.12. The maximum Gasteiger partial charge on any atom is 0.0704 e. The fourth-order valence-corrected chi connectivity index (χ4v) is 4.41. The van der Waals surface area contributed by atoms with E-state index >= 15 is 0 Å². The Labute approximate surface area is 117 Å². The second kappa shape index (κ2) is 4.66. The number of rotatable bonds is 1. The molecule has 0 heterocycles. The highest BCUT2D eigenvalue weighted by Crippen LogP contribution is 2.35. The molecule has 0 aliphatic rings. The molecule has 13 heavy (non-hydrogen) atoms. The quantitative estimate of drug-likeness (QED) is 0.396. The molecule has 1 rings (SSSR count). The fraction of sp³-hybridized carbons (Fsp3) is 0.143. The van der Waals surface area contributed by atoms with Gasteiger partial charge in [0.2, 0.25) is 0 Å². The van der Waals surface area contributed by atoms with Crippen LogP contribution in [0.25, 0.3) is 0 Å². The molecule has 0 radical (unpaired) electrons. The number of aliphatic hydroxyl groups excluding tert-OH is 1. The van der Waals surface area contributed by atoms with Crippen LogP contribution < -0.4 is 11.5 Å². The van der Waals surface area contributed by atoms with Crippen molar-refractivity contribution in [2.75, 3.05) is 11.5 Å². The summed E-state index contributed by atoms with van der Waals surface area (Å²) in [4.78, 5) is 0. The number of benzene rings is 1. The van der Waals surface area contributed by atoms with E-state index in [-0.39, 0.29) is 6.61 Å². The van der Waals surface area contributed by atoms with Gasteiger partial charge in [-0.25, -0.2) is 0 Å². The first-order valence-corrected chi connectivity index (χ1v) is 6.55. The van der Waals surface area contributed by atoms with Crippen molar-refractivity contribution in [3.05, 3.63) is 16.3 Å². The Kier molecular flexibility index (Phi) is 4.32. The van der Waals surface area contributed by atoms with E-state index in [4.69, 9.17) is 16.6 Å². The predicted octanol–water partition coefficient (Wildman–Crippen LogP) is 2.16. The van der Waals surface area contributed by atoms with Crippen LogP contribution >= 0.6 is 67.8 Å². The van der Waals surface area contributed by atoms with E-state index in [0.717, 1.165) is 16.3 Å². The smallest absolute Gasteiger partial charge is 0.0704 e. The first kappa shape index (κ1) is 12.0. The molecule has 0 saturated carbocycles. The van der Waals surface area contributed by atoms with E-state index in [2.05, 4.69) is 67.8 Å². The van der Waals surface area contributed by atoms with Gasteiger partial charge in [0, 0.05) is 12.7 Å². The SMILES string of the molecule is Nc1c(I)c(N)c(I)c(CO)c1I. The molecule has 0 aliphatic carbocycles. The van der Waals surface area contributed by atoms with Crippen LogP contribution in [0.4, 0.5) is 11.4 Å². The second-order valence-electron chi connectivity index (χ2n) is 2.41. The summed E-state index contributed by atoms with van der Waals surface area (Å²) in [6.07, 6.45) is 0. The van der Waals surface area contributed by atoms with Crippen LogP contribution in [0.3, 0.4) is 0 Å². The minimum Gasteiger partial charge on any atom is -0.397 e. The van der Waals surface area contributed by atoms with Crippen molar-refractivity contribution in [3.63, 3.8) is 0 Å². The summed E-state index contributed by atoms with van der Waals surface area (Å²) in [6, 6.07) is 0. The molecule has 1 aromatic rings. The highest BCUT2D eigenvalue weighted by Gasteiger charge is 2.15. The zero-order valence-corrected chi connectivity index (χ0v) is 12.9. The molecule has 0 aliphatic heterocycles. The topological polar surface area (TPSA) is 72.3 Å². The lowest BCUT2D eigenvalue weighted by Gasteiger charge is -2.12. The van der Waals surface area contributed by atoms with Crippen LogP contribution in [0.15, 0.2) is 0 Å². The Morgan fingerprint density at radius 1 is 0.923 bits per heavy atom. The molecular formula is C7H7I3N2O. The summed E-state index contributed by atoms with van der Waals surface area (Å²) >= 11 is 6.36. The standard InChI is InChI=1S/C7H7I3N2O/c8-3-2(1-13)4(9)7(12)5(10)6(3)11/h13H,1,11-12H2. The van der Waals surface area contributed by atoms with Gasteiger partial charge in [0.25, 0.3) is 0 Å². The number of nitrogen functional groups attached to an aromatic ring is 2. The normalized spacial score (nSPS) is 10.5. The minimum atomic E-state index is -0.0259. The summed E-state index contributed by atoms with van der Waals surface area (Å²) in [5.41, 5.74) is 13.8. The number of hydrogen-bond donors (Lipinski definition) is 3. The van der Waals surface area contributed by atoms with Gasteiger partial charge in [-0.3, -0.25) is 0 Å². The van der Waals surface area contributed by atoms with Crippen LogP contribution in [-0.4, -0.2) is 5.11 Å². The third-order valence-corrected chi connectivity index (χ3v) is 5.26. The zero-order valence-electron chi connectivity index (χ0n) is 6.44. The number of anilines is 2. The minimum absolute atomic E-state index is 0.0259. The largest absolute Gasteiger partial charge is 0.397 e. The molecule has 6 heteroatoms. The van der Waals surface area contributed by atoms with Gasteiger partial charge in [-0.1, -0.05) is 0 Å². The molecule has 0 saturated heterocycles. The van der Waals surface area contributed by atoms with E-state index in [9.17, 15) is 0 Å². The number of nitrogens with two attached hydrogens (primary N) is 2. The Morgan fingerprint density at radius 2 is 1.31 bits per heavy atom. The monoisotopic (exact) mass is 516 g/mol. The third kappa shape index (κ3) is 2.15. The fourth-order valence-electron chi connectivity index (χ4n) is 0.898. The molecular weight excluding hydrogens is 509 g/mol. The molecule has 0 atom stereocenters. The molecule has 5 N–H and O–H groups in total. The van der Waals surface area contributed by atoms with Crippen molar-refractivity contribution in [2.24, 2.45) is 0 Å². The summed E-state index contributed by atoms with van der Waals surface area (Å²) < 4.78 is 2.65. The van der Waals surface area contributed by atoms with Gasteiger partial charge in [0.1, 0.15) is 0 Å². The lowest BCUT2D eigenvalue weighted by Crippen LogP contribution is -2.06. The Balaban J connectivity index is 3.56. The lowest BCUT2D eigenvalue weighted by molar-refractivity contribution is 0.280. The van der Waals surface area contributed by atoms with Crippen LogP contribution in [-0.2, 0) is 6.61 Å². The third-order valence-electron chi connectivity index (χ3n) is 1.63. The average molecular weight is 516 g/mol. The van der Waals surface area contributed by atoms with Gasteiger partial charge in [-0.2, -0.15) is 0 Å². The molecule has 3 nitrogen and oxygen atoms in total. The van der Waals surface area contributed by atoms with E-state index in [1.807, 2.05) is 0 Å². The lowest BCUT2D eigenvalue weighted by atomic mass is 10.2. The average Bonchev–Trinajstić information content (AvgIpc) is 2.13.